The van der Waals surface area contributed by atoms with Crippen LogP contribution in [0, 0.1) is 17.2 Å². The molecule has 0 aliphatic carbocycles. The molecule has 1 atom stereocenters. The first-order valence-corrected chi connectivity index (χ1v) is 12.7. The number of rotatable bonds is 13. The second-order valence-electron chi connectivity index (χ2n) is 8.15. The van der Waals surface area contributed by atoms with Gasteiger partial charge in [-0.25, -0.2) is 5.43 Å². The van der Waals surface area contributed by atoms with Gasteiger partial charge in [0, 0.05) is 11.4 Å². The first kappa shape index (κ1) is 29.4. The van der Waals surface area contributed by atoms with Gasteiger partial charge in [-0.2, -0.15) is 10.4 Å². The highest BCUT2D eigenvalue weighted by molar-refractivity contribution is 9.10. The summed E-state index contributed by atoms with van der Waals surface area (Å²) in [7, 11) is 0. The quantitative estimate of drug-likeness (QED) is 0.180. The van der Waals surface area contributed by atoms with E-state index in [4.69, 9.17) is 37.9 Å². The summed E-state index contributed by atoms with van der Waals surface area (Å²) in [5.41, 5.74) is 3.19. The minimum Gasteiger partial charge on any atom is -0.492 e. The number of nitrogens with zero attached hydrogens (tertiary/aromatic N) is 2. The Kier molecular flexibility index (Phi) is 12.5. The highest BCUT2D eigenvalue weighted by atomic mass is 79.9. The predicted octanol–water partition coefficient (Wildman–Crippen LogP) is 5.50. The van der Waals surface area contributed by atoms with E-state index in [2.05, 4.69) is 31.8 Å². The molecule has 2 amide bonds. The van der Waals surface area contributed by atoms with Crippen LogP contribution in [-0.2, 0) is 9.59 Å². The fourth-order valence-electron chi connectivity index (χ4n) is 3.05. The number of hydrogen-bond donors (Lipinski definition) is 2. The molecule has 2 rings (SSSR count). The van der Waals surface area contributed by atoms with Crippen LogP contribution < -0.4 is 20.2 Å². The molecular weight excluding hydrogens is 571 g/mol. The monoisotopic (exact) mass is 596 g/mol. The van der Waals surface area contributed by atoms with E-state index < -0.39 is 11.9 Å². The third kappa shape index (κ3) is 10.4. The van der Waals surface area contributed by atoms with Gasteiger partial charge < -0.3 is 14.8 Å². The first-order chi connectivity index (χ1) is 17.2. The zero-order valence-electron chi connectivity index (χ0n) is 19.9. The van der Waals surface area contributed by atoms with Gasteiger partial charge in [0.15, 0.2) is 6.61 Å². The molecule has 0 aromatic heterocycles. The second kappa shape index (κ2) is 15.3. The highest BCUT2D eigenvalue weighted by Gasteiger charge is 2.21. The van der Waals surface area contributed by atoms with Gasteiger partial charge in [-0.15, -0.1) is 0 Å². The summed E-state index contributed by atoms with van der Waals surface area (Å²) in [6.07, 6.45) is 2.57. The molecule has 2 aromatic carbocycles. The molecule has 0 unspecified atom stereocenters. The van der Waals surface area contributed by atoms with Crippen LogP contribution in [0.5, 0.6) is 11.5 Å². The molecule has 8 nitrogen and oxygen atoms in total. The number of halogens is 3. The van der Waals surface area contributed by atoms with Crippen molar-refractivity contribution >= 4 is 57.2 Å². The van der Waals surface area contributed by atoms with Gasteiger partial charge in [0.2, 0.25) is 5.91 Å². The molecule has 0 aliphatic rings. The molecule has 0 radical (unpaired) electrons. The standard InChI is InChI=1S/C25H27BrCl2N4O4/c1-16(2)12-21(31-24(33)4-3-10-35-23-8-6-18(27)14-20(23)28)25(34)32-30-15-17-5-7-22(19(26)13-17)36-11-9-29/h5-8,13-16,21H,3-4,10-12H2,1-2H3,(H,31,33)(H,32,34)/b30-15-/t21-/m0/s1. The molecule has 0 saturated carbocycles. The fraction of sp³-hybridized carbons (Fsp3) is 0.360. The number of amides is 2. The Morgan fingerprint density at radius 1 is 1.17 bits per heavy atom. The summed E-state index contributed by atoms with van der Waals surface area (Å²) in [5.74, 6) is 0.525. The maximum Gasteiger partial charge on any atom is 0.262 e. The van der Waals surface area contributed by atoms with E-state index in [1.54, 1.807) is 36.4 Å². The Morgan fingerprint density at radius 3 is 2.58 bits per heavy atom. The SMILES string of the molecule is CC(C)C[C@H](NC(=O)CCCOc1ccc(Cl)cc1Cl)C(=O)N/N=C\c1ccc(OCC#N)c(Br)c1. The van der Waals surface area contributed by atoms with E-state index >= 15 is 0 Å². The van der Waals surface area contributed by atoms with Gasteiger partial charge in [-0.05, 0) is 76.7 Å². The third-order valence-corrected chi connectivity index (χ3v) is 5.85. The molecule has 2 aromatic rings. The lowest BCUT2D eigenvalue weighted by Gasteiger charge is -2.19. The zero-order chi connectivity index (χ0) is 26.5. The second-order valence-corrected chi connectivity index (χ2v) is 9.85. The Hall–Kier alpha value is -2.80. The molecule has 36 heavy (non-hydrogen) atoms. The number of carbonyl (C=O) groups excluding carboxylic acids is 2. The van der Waals surface area contributed by atoms with Crippen molar-refractivity contribution in [1.82, 2.24) is 10.7 Å². The van der Waals surface area contributed by atoms with Crippen molar-refractivity contribution in [3.05, 3.63) is 56.5 Å². The van der Waals surface area contributed by atoms with Crippen LogP contribution in [0.2, 0.25) is 10.0 Å². The minimum atomic E-state index is -0.727. The predicted molar refractivity (Wildman–Crippen MR) is 144 cm³/mol. The van der Waals surface area contributed by atoms with Crippen LogP contribution in [-0.4, -0.2) is 37.3 Å². The summed E-state index contributed by atoms with van der Waals surface area (Å²) in [5, 5.41) is 16.3. The maximum absolute atomic E-state index is 12.7. The summed E-state index contributed by atoms with van der Waals surface area (Å²) >= 11 is 15.3. The summed E-state index contributed by atoms with van der Waals surface area (Å²) in [4.78, 5) is 25.1. The number of nitriles is 1. The first-order valence-electron chi connectivity index (χ1n) is 11.2. The van der Waals surface area contributed by atoms with Crippen molar-refractivity contribution in [1.29, 1.82) is 5.26 Å². The fourth-order valence-corrected chi connectivity index (χ4v) is 4.02. The Labute approximate surface area is 229 Å². The number of benzene rings is 2. The lowest BCUT2D eigenvalue weighted by atomic mass is 10.0. The summed E-state index contributed by atoms with van der Waals surface area (Å²) < 4.78 is 11.5. The molecule has 192 valence electrons. The number of hydrogen-bond acceptors (Lipinski definition) is 6. The third-order valence-electron chi connectivity index (χ3n) is 4.70. The van der Waals surface area contributed by atoms with Gasteiger partial charge in [0.05, 0.1) is 22.3 Å². The zero-order valence-corrected chi connectivity index (χ0v) is 23.0. The van der Waals surface area contributed by atoms with Crippen LogP contribution in [0.1, 0.15) is 38.7 Å². The number of carbonyl (C=O) groups is 2. The average molecular weight is 598 g/mol. The van der Waals surface area contributed by atoms with E-state index in [0.717, 1.165) is 0 Å². The largest absolute Gasteiger partial charge is 0.492 e. The van der Waals surface area contributed by atoms with Crippen molar-refractivity contribution < 1.29 is 19.1 Å². The van der Waals surface area contributed by atoms with Gasteiger partial charge in [-0.3, -0.25) is 9.59 Å². The van der Waals surface area contributed by atoms with Crippen molar-refractivity contribution in [3.63, 3.8) is 0 Å². The van der Waals surface area contributed by atoms with Crippen LogP contribution >= 0.6 is 39.1 Å². The van der Waals surface area contributed by atoms with Crippen LogP contribution in [0.4, 0.5) is 0 Å². The van der Waals surface area contributed by atoms with Gasteiger partial charge >= 0.3 is 0 Å². The molecule has 0 saturated heterocycles. The Balaban J connectivity index is 1.85. The Bertz CT molecular complexity index is 1120. The average Bonchev–Trinajstić information content (AvgIpc) is 2.81. The molecule has 0 fully saturated rings. The van der Waals surface area contributed by atoms with Crippen molar-refractivity contribution in [3.8, 4) is 17.6 Å². The molecule has 0 spiro atoms. The maximum atomic E-state index is 12.7. The molecule has 0 bridgehead atoms. The smallest absolute Gasteiger partial charge is 0.262 e. The van der Waals surface area contributed by atoms with Crippen molar-refractivity contribution in [2.75, 3.05) is 13.2 Å². The number of nitrogens with one attached hydrogen (secondary N) is 2. The van der Waals surface area contributed by atoms with Crippen LogP contribution in [0.15, 0.2) is 46.0 Å². The van der Waals surface area contributed by atoms with Crippen molar-refractivity contribution in [2.45, 2.75) is 39.2 Å². The molecule has 2 N–H and O–H groups in total. The van der Waals surface area contributed by atoms with E-state index in [0.29, 0.717) is 44.4 Å². The Morgan fingerprint density at radius 2 is 1.92 bits per heavy atom. The summed E-state index contributed by atoms with van der Waals surface area (Å²) in [6, 6.07) is 11.3. The van der Waals surface area contributed by atoms with Gasteiger partial charge in [-0.1, -0.05) is 37.0 Å². The molecule has 0 aliphatic heterocycles. The normalized spacial score (nSPS) is 11.7. The molecule has 11 heteroatoms. The highest BCUT2D eigenvalue weighted by Crippen LogP contribution is 2.27. The molecular formula is C25H27BrCl2N4O4. The van der Waals surface area contributed by atoms with Gasteiger partial charge in [0.25, 0.3) is 5.91 Å². The minimum absolute atomic E-state index is 0.0607. The van der Waals surface area contributed by atoms with Gasteiger partial charge in [0.1, 0.15) is 23.6 Å². The van der Waals surface area contributed by atoms with Crippen LogP contribution in [0.3, 0.4) is 0 Å². The molecule has 0 heterocycles. The van der Waals surface area contributed by atoms with E-state index in [1.807, 2.05) is 19.9 Å². The van der Waals surface area contributed by atoms with E-state index in [-0.39, 0.29) is 31.5 Å². The number of hydrazone groups is 1. The van der Waals surface area contributed by atoms with Crippen molar-refractivity contribution in [2.24, 2.45) is 11.0 Å². The summed E-state index contributed by atoms with van der Waals surface area (Å²) in [6.45, 7) is 4.16. The van der Waals surface area contributed by atoms with E-state index in [9.17, 15) is 9.59 Å². The number of ether oxygens (including phenoxy) is 2. The van der Waals surface area contributed by atoms with E-state index in [1.165, 1.54) is 6.21 Å². The lowest BCUT2D eigenvalue weighted by molar-refractivity contribution is -0.129. The topological polar surface area (TPSA) is 113 Å². The van der Waals surface area contributed by atoms with Crippen LogP contribution in [0.25, 0.3) is 0 Å². The lowest BCUT2D eigenvalue weighted by Crippen LogP contribution is -2.46.